The van der Waals surface area contributed by atoms with Gasteiger partial charge >= 0.3 is 5.97 Å². The van der Waals surface area contributed by atoms with Crippen molar-refractivity contribution in [3.8, 4) is 28.4 Å². The second-order valence-electron chi connectivity index (χ2n) is 8.65. The van der Waals surface area contributed by atoms with Gasteiger partial charge in [-0.3, -0.25) is 9.59 Å². The molecule has 5 rings (SSSR count). The summed E-state index contributed by atoms with van der Waals surface area (Å²) in [5.74, 6) is -0.774. The van der Waals surface area contributed by atoms with Crippen molar-refractivity contribution < 1.29 is 28.6 Å². The second-order valence-corrected chi connectivity index (χ2v) is 9.03. The third-order valence-corrected chi connectivity index (χ3v) is 6.57. The smallest absolute Gasteiger partial charge is 0.343 e. The Morgan fingerprint density at radius 3 is 2.05 bits per heavy atom. The molecule has 0 saturated heterocycles. The number of ether oxygens (including phenoxy) is 3. The lowest BCUT2D eigenvalue weighted by Crippen LogP contribution is -2.32. The summed E-state index contributed by atoms with van der Waals surface area (Å²) in [6, 6.07) is 28.1. The SMILES string of the molecule is COc1ccc(OC)c(N2C(=O)C(Cl)=C(Nc3ccc(C(=O)Oc4ccc(-c5ccccc5)cc4)cc3)C2=O)c1. The van der Waals surface area contributed by atoms with E-state index in [2.05, 4.69) is 5.32 Å². The molecule has 9 heteroatoms. The number of hydrogen-bond donors (Lipinski definition) is 1. The quantitative estimate of drug-likeness (QED) is 0.161. The molecule has 1 aliphatic rings. The Morgan fingerprint density at radius 1 is 0.750 bits per heavy atom. The van der Waals surface area contributed by atoms with E-state index in [9.17, 15) is 14.4 Å². The molecule has 1 heterocycles. The molecule has 0 atom stereocenters. The lowest BCUT2D eigenvalue weighted by molar-refractivity contribution is -0.120. The van der Waals surface area contributed by atoms with Gasteiger partial charge in [-0.1, -0.05) is 54.1 Å². The fourth-order valence-electron chi connectivity index (χ4n) is 4.15. The number of amides is 2. The van der Waals surface area contributed by atoms with Gasteiger partial charge in [0.15, 0.2) is 0 Å². The highest BCUT2D eigenvalue weighted by Crippen LogP contribution is 2.38. The molecule has 0 radical (unpaired) electrons. The number of rotatable bonds is 8. The number of carbonyl (C=O) groups excluding carboxylic acids is 3. The topological polar surface area (TPSA) is 94.2 Å². The lowest BCUT2D eigenvalue weighted by Gasteiger charge is -2.19. The van der Waals surface area contributed by atoms with Crippen molar-refractivity contribution in [3.63, 3.8) is 0 Å². The second kappa shape index (κ2) is 11.3. The summed E-state index contributed by atoms with van der Waals surface area (Å²) in [5.41, 5.74) is 2.90. The average Bonchev–Trinajstić information content (AvgIpc) is 3.20. The van der Waals surface area contributed by atoms with Gasteiger partial charge in [0.25, 0.3) is 11.8 Å². The van der Waals surface area contributed by atoms with Gasteiger partial charge in [-0.2, -0.15) is 0 Å². The van der Waals surface area contributed by atoms with Crippen molar-refractivity contribution in [2.24, 2.45) is 0 Å². The van der Waals surface area contributed by atoms with Crippen LogP contribution >= 0.6 is 11.6 Å². The highest BCUT2D eigenvalue weighted by Gasteiger charge is 2.40. The van der Waals surface area contributed by atoms with Crippen LogP contribution in [0, 0.1) is 0 Å². The molecular formula is C31H23ClN2O6. The number of imide groups is 1. The third-order valence-electron chi connectivity index (χ3n) is 6.22. The maximum atomic E-state index is 13.2. The van der Waals surface area contributed by atoms with E-state index in [0.717, 1.165) is 16.0 Å². The summed E-state index contributed by atoms with van der Waals surface area (Å²) in [5, 5.41) is 2.61. The van der Waals surface area contributed by atoms with Gasteiger partial charge in [-0.25, -0.2) is 9.69 Å². The molecule has 0 bridgehead atoms. The van der Waals surface area contributed by atoms with E-state index in [1.54, 1.807) is 48.5 Å². The van der Waals surface area contributed by atoms with E-state index in [1.807, 2.05) is 42.5 Å². The Bertz CT molecular complexity index is 1620. The zero-order valence-electron chi connectivity index (χ0n) is 21.5. The summed E-state index contributed by atoms with van der Waals surface area (Å²) in [7, 11) is 2.90. The van der Waals surface area contributed by atoms with Crippen molar-refractivity contribution in [2.75, 3.05) is 24.4 Å². The molecule has 4 aromatic rings. The molecule has 0 aromatic heterocycles. The minimum atomic E-state index is -0.709. The molecule has 200 valence electrons. The fourth-order valence-corrected chi connectivity index (χ4v) is 4.36. The molecule has 0 unspecified atom stereocenters. The first kappa shape index (κ1) is 26.5. The third kappa shape index (κ3) is 5.25. The number of nitrogens with zero attached hydrogens (tertiary/aromatic N) is 1. The van der Waals surface area contributed by atoms with Crippen molar-refractivity contribution in [3.05, 3.63) is 113 Å². The number of benzene rings is 4. The summed E-state index contributed by atoms with van der Waals surface area (Å²) >= 11 is 6.27. The average molecular weight is 555 g/mol. The van der Waals surface area contributed by atoms with Crippen LogP contribution in [0.1, 0.15) is 10.4 Å². The number of carbonyl (C=O) groups is 3. The van der Waals surface area contributed by atoms with Gasteiger partial charge < -0.3 is 19.5 Å². The fraction of sp³-hybridized carbons (Fsp3) is 0.0645. The Morgan fingerprint density at radius 2 is 1.40 bits per heavy atom. The van der Waals surface area contributed by atoms with Crippen LogP contribution in [-0.4, -0.2) is 32.0 Å². The monoisotopic (exact) mass is 554 g/mol. The van der Waals surface area contributed by atoms with E-state index >= 15 is 0 Å². The normalized spacial score (nSPS) is 12.9. The van der Waals surface area contributed by atoms with Gasteiger partial charge in [0.2, 0.25) is 0 Å². The Balaban J connectivity index is 1.27. The largest absolute Gasteiger partial charge is 0.497 e. The van der Waals surface area contributed by atoms with Gasteiger partial charge in [0.05, 0.1) is 25.5 Å². The maximum absolute atomic E-state index is 13.2. The highest BCUT2D eigenvalue weighted by atomic mass is 35.5. The number of methoxy groups -OCH3 is 2. The molecule has 0 saturated carbocycles. The Kier molecular flexibility index (Phi) is 7.52. The van der Waals surface area contributed by atoms with E-state index in [-0.39, 0.29) is 16.4 Å². The lowest BCUT2D eigenvalue weighted by atomic mass is 10.1. The van der Waals surface area contributed by atoms with Crippen molar-refractivity contribution in [2.45, 2.75) is 0 Å². The van der Waals surface area contributed by atoms with Gasteiger partial charge in [-0.05, 0) is 59.7 Å². The van der Waals surface area contributed by atoms with Crippen LogP contribution in [0.2, 0.25) is 0 Å². The number of esters is 1. The van der Waals surface area contributed by atoms with Crippen molar-refractivity contribution in [1.29, 1.82) is 0 Å². The van der Waals surface area contributed by atoms with Crippen LogP contribution in [-0.2, 0) is 9.59 Å². The molecule has 8 nitrogen and oxygen atoms in total. The van der Waals surface area contributed by atoms with Crippen LogP contribution in [0.4, 0.5) is 11.4 Å². The predicted octanol–water partition coefficient (Wildman–Crippen LogP) is 6.03. The summed E-state index contributed by atoms with van der Waals surface area (Å²) in [6.07, 6.45) is 0. The first-order valence-electron chi connectivity index (χ1n) is 12.1. The first-order chi connectivity index (χ1) is 19.4. The van der Waals surface area contributed by atoms with Crippen LogP contribution in [0.25, 0.3) is 11.1 Å². The van der Waals surface area contributed by atoms with Crippen molar-refractivity contribution >= 4 is 40.8 Å². The molecule has 1 aliphatic heterocycles. The van der Waals surface area contributed by atoms with Gasteiger partial charge in [0.1, 0.15) is 28.0 Å². The standard InChI is InChI=1S/C31H23ClN2O6/c1-38-24-16-17-26(39-2)25(18-24)34-29(35)27(32)28(30(34)36)33-22-12-8-21(9-13-22)31(37)40-23-14-10-20(11-15-23)19-6-4-3-5-7-19/h3-18,33H,1-2H3. The molecule has 40 heavy (non-hydrogen) atoms. The molecule has 0 aliphatic carbocycles. The molecule has 0 fully saturated rings. The maximum Gasteiger partial charge on any atom is 0.343 e. The molecule has 0 spiro atoms. The van der Waals surface area contributed by atoms with Crippen LogP contribution in [0.5, 0.6) is 17.2 Å². The molecule has 4 aromatic carbocycles. The molecule has 1 N–H and O–H groups in total. The zero-order chi connectivity index (χ0) is 28.2. The number of hydrogen-bond acceptors (Lipinski definition) is 7. The van der Waals surface area contributed by atoms with Gasteiger partial charge in [0, 0.05) is 11.8 Å². The minimum absolute atomic E-state index is 0.106. The number of anilines is 2. The number of halogens is 1. The zero-order valence-corrected chi connectivity index (χ0v) is 22.3. The van der Waals surface area contributed by atoms with E-state index in [4.69, 9.17) is 25.8 Å². The van der Waals surface area contributed by atoms with E-state index in [0.29, 0.717) is 28.5 Å². The van der Waals surface area contributed by atoms with Crippen LogP contribution < -0.4 is 24.4 Å². The highest BCUT2D eigenvalue weighted by molar-refractivity contribution is 6.53. The molecule has 2 amide bonds. The number of nitrogens with one attached hydrogen (secondary N) is 1. The van der Waals surface area contributed by atoms with Gasteiger partial charge in [-0.15, -0.1) is 0 Å². The molecular weight excluding hydrogens is 532 g/mol. The van der Waals surface area contributed by atoms with Crippen LogP contribution in [0.3, 0.4) is 0 Å². The van der Waals surface area contributed by atoms with E-state index in [1.165, 1.54) is 20.3 Å². The summed E-state index contributed by atoms with van der Waals surface area (Å²) in [4.78, 5) is 39.7. The summed E-state index contributed by atoms with van der Waals surface area (Å²) < 4.78 is 16.0. The van der Waals surface area contributed by atoms with E-state index < -0.39 is 17.8 Å². The Hall–Kier alpha value is -5.08. The van der Waals surface area contributed by atoms with Crippen LogP contribution in [0.15, 0.2) is 108 Å². The minimum Gasteiger partial charge on any atom is -0.497 e. The Labute approximate surface area is 235 Å². The van der Waals surface area contributed by atoms with Crippen molar-refractivity contribution in [1.82, 2.24) is 0 Å². The first-order valence-corrected chi connectivity index (χ1v) is 12.5. The summed E-state index contributed by atoms with van der Waals surface area (Å²) in [6.45, 7) is 0. The predicted molar refractivity (Wildman–Crippen MR) is 152 cm³/mol.